The Labute approximate surface area is 143 Å². The minimum absolute atomic E-state index is 0.0600. The molecule has 1 saturated carbocycles. The van der Waals surface area contributed by atoms with Gasteiger partial charge in [0.15, 0.2) is 0 Å². The van der Waals surface area contributed by atoms with E-state index in [0.29, 0.717) is 18.7 Å². The molecule has 124 valence electrons. The molecule has 5 nitrogen and oxygen atoms in total. The zero-order valence-electron chi connectivity index (χ0n) is 12.6. The summed E-state index contributed by atoms with van der Waals surface area (Å²) in [5.74, 6) is -1.66. The van der Waals surface area contributed by atoms with Crippen molar-refractivity contribution in [3.63, 3.8) is 0 Å². The van der Waals surface area contributed by atoms with Crippen LogP contribution in [0.1, 0.15) is 12.0 Å². The minimum atomic E-state index is -0.547. The Morgan fingerprint density at radius 3 is 2.58 bits per heavy atom. The van der Waals surface area contributed by atoms with Gasteiger partial charge in [0.25, 0.3) is 0 Å². The Morgan fingerprint density at radius 2 is 1.88 bits per heavy atom. The SMILES string of the molecule is O=C(NCc1ccncc1)C1CC1C(=O)Nc1ccc(F)c(Cl)c1. The highest BCUT2D eigenvalue weighted by molar-refractivity contribution is 6.31. The zero-order valence-corrected chi connectivity index (χ0v) is 13.4. The summed E-state index contributed by atoms with van der Waals surface area (Å²) in [7, 11) is 0. The number of hydrogen-bond acceptors (Lipinski definition) is 3. The van der Waals surface area contributed by atoms with E-state index in [1.807, 2.05) is 12.1 Å². The first-order valence-corrected chi connectivity index (χ1v) is 7.85. The molecule has 2 unspecified atom stereocenters. The van der Waals surface area contributed by atoms with Crippen molar-refractivity contribution in [3.05, 3.63) is 59.1 Å². The Balaban J connectivity index is 1.49. The topological polar surface area (TPSA) is 71.1 Å². The second-order valence-corrected chi connectivity index (χ2v) is 6.05. The number of rotatable bonds is 5. The third-order valence-corrected chi connectivity index (χ3v) is 4.16. The normalized spacial score (nSPS) is 18.8. The fourth-order valence-electron chi connectivity index (χ4n) is 2.40. The van der Waals surface area contributed by atoms with Crippen molar-refractivity contribution in [3.8, 4) is 0 Å². The van der Waals surface area contributed by atoms with Crippen LogP contribution in [0.3, 0.4) is 0 Å². The summed E-state index contributed by atoms with van der Waals surface area (Å²) < 4.78 is 13.1. The summed E-state index contributed by atoms with van der Waals surface area (Å²) in [5.41, 5.74) is 1.36. The number of nitrogens with one attached hydrogen (secondary N) is 2. The molecule has 1 heterocycles. The largest absolute Gasteiger partial charge is 0.352 e. The number of amides is 2. The average Bonchev–Trinajstić information content (AvgIpc) is 3.38. The number of hydrogen-bond donors (Lipinski definition) is 2. The van der Waals surface area contributed by atoms with E-state index in [9.17, 15) is 14.0 Å². The molecule has 3 rings (SSSR count). The molecule has 2 atom stereocenters. The summed E-state index contributed by atoms with van der Waals surface area (Å²) >= 11 is 5.68. The van der Waals surface area contributed by atoms with E-state index in [2.05, 4.69) is 15.6 Å². The molecule has 0 saturated heterocycles. The highest BCUT2D eigenvalue weighted by atomic mass is 35.5. The van der Waals surface area contributed by atoms with Crippen molar-refractivity contribution < 1.29 is 14.0 Å². The number of halogens is 2. The van der Waals surface area contributed by atoms with E-state index >= 15 is 0 Å². The molecular formula is C17H15ClFN3O2. The first-order valence-electron chi connectivity index (χ1n) is 7.47. The van der Waals surface area contributed by atoms with Gasteiger partial charge in [0, 0.05) is 24.6 Å². The fourth-order valence-corrected chi connectivity index (χ4v) is 2.58. The molecule has 1 aliphatic carbocycles. The predicted octanol–water partition coefficient (Wildman–Crippen LogP) is 2.77. The van der Waals surface area contributed by atoms with E-state index in [1.54, 1.807) is 12.4 Å². The van der Waals surface area contributed by atoms with E-state index in [-0.39, 0.29) is 28.7 Å². The Hall–Kier alpha value is -2.47. The molecule has 2 amide bonds. The number of pyridine rings is 1. The van der Waals surface area contributed by atoms with E-state index < -0.39 is 5.82 Å². The van der Waals surface area contributed by atoms with Crippen LogP contribution < -0.4 is 10.6 Å². The highest BCUT2D eigenvalue weighted by Crippen LogP contribution is 2.39. The molecule has 1 aliphatic rings. The molecule has 0 bridgehead atoms. The Kier molecular flexibility index (Phi) is 4.76. The van der Waals surface area contributed by atoms with Crippen molar-refractivity contribution in [2.45, 2.75) is 13.0 Å². The van der Waals surface area contributed by atoms with Crippen LogP contribution in [0, 0.1) is 17.7 Å². The molecule has 0 aliphatic heterocycles. The molecule has 1 aromatic heterocycles. The quantitative estimate of drug-likeness (QED) is 0.873. The number of benzene rings is 1. The summed E-state index contributed by atoms with van der Waals surface area (Å²) in [6, 6.07) is 7.59. The molecule has 2 aromatic rings. The number of nitrogens with zero attached hydrogens (tertiary/aromatic N) is 1. The van der Waals surface area contributed by atoms with Gasteiger partial charge in [0.2, 0.25) is 11.8 Å². The lowest BCUT2D eigenvalue weighted by atomic mass is 10.2. The number of carbonyl (C=O) groups is 2. The van der Waals surface area contributed by atoms with Crippen LogP contribution in [-0.4, -0.2) is 16.8 Å². The standard InChI is InChI=1S/C17H15ClFN3O2/c18-14-7-11(1-2-15(14)19)22-17(24)13-8-12(13)16(23)21-9-10-3-5-20-6-4-10/h1-7,12-13H,8-9H2,(H,21,23)(H,22,24). The third kappa shape index (κ3) is 3.89. The van der Waals surface area contributed by atoms with Crippen molar-refractivity contribution in [2.24, 2.45) is 11.8 Å². The van der Waals surface area contributed by atoms with Crippen LogP contribution in [0.2, 0.25) is 5.02 Å². The fraction of sp³-hybridized carbons (Fsp3) is 0.235. The summed E-state index contributed by atoms with van der Waals surface area (Å²) in [6.45, 7) is 0.403. The van der Waals surface area contributed by atoms with Crippen LogP contribution in [0.5, 0.6) is 0 Å². The average molecular weight is 348 g/mol. The monoisotopic (exact) mass is 347 g/mol. The summed E-state index contributed by atoms with van der Waals surface area (Å²) in [6.07, 6.45) is 3.81. The van der Waals surface area contributed by atoms with Crippen LogP contribution in [0.4, 0.5) is 10.1 Å². The van der Waals surface area contributed by atoms with E-state index in [1.165, 1.54) is 18.2 Å². The molecule has 1 aromatic carbocycles. The third-order valence-electron chi connectivity index (χ3n) is 3.87. The van der Waals surface area contributed by atoms with Crippen LogP contribution >= 0.6 is 11.6 Å². The smallest absolute Gasteiger partial charge is 0.228 e. The molecule has 0 radical (unpaired) electrons. The Bertz CT molecular complexity index is 770. The van der Waals surface area contributed by atoms with Crippen molar-refractivity contribution >= 4 is 29.1 Å². The van der Waals surface area contributed by atoms with Gasteiger partial charge in [-0.15, -0.1) is 0 Å². The van der Waals surface area contributed by atoms with Gasteiger partial charge in [0.05, 0.1) is 16.9 Å². The summed E-state index contributed by atoms with van der Waals surface area (Å²) in [5, 5.41) is 5.40. The lowest BCUT2D eigenvalue weighted by Gasteiger charge is -2.07. The predicted molar refractivity (Wildman–Crippen MR) is 87.7 cm³/mol. The van der Waals surface area contributed by atoms with Gasteiger partial charge in [-0.1, -0.05) is 11.6 Å². The molecule has 2 N–H and O–H groups in total. The van der Waals surface area contributed by atoms with Crippen molar-refractivity contribution in [1.29, 1.82) is 0 Å². The number of aromatic nitrogens is 1. The van der Waals surface area contributed by atoms with Gasteiger partial charge in [-0.3, -0.25) is 14.6 Å². The van der Waals surface area contributed by atoms with Gasteiger partial charge in [0.1, 0.15) is 5.82 Å². The highest BCUT2D eigenvalue weighted by Gasteiger charge is 2.47. The summed E-state index contributed by atoms with van der Waals surface area (Å²) in [4.78, 5) is 28.1. The van der Waals surface area contributed by atoms with E-state index in [0.717, 1.165) is 5.56 Å². The molecule has 7 heteroatoms. The molecular weight excluding hydrogens is 333 g/mol. The molecule has 24 heavy (non-hydrogen) atoms. The lowest BCUT2D eigenvalue weighted by Crippen LogP contribution is -2.27. The van der Waals surface area contributed by atoms with Crippen LogP contribution in [0.25, 0.3) is 0 Å². The maximum Gasteiger partial charge on any atom is 0.228 e. The first-order chi connectivity index (χ1) is 11.5. The van der Waals surface area contributed by atoms with Gasteiger partial charge in [-0.2, -0.15) is 0 Å². The second-order valence-electron chi connectivity index (χ2n) is 5.64. The minimum Gasteiger partial charge on any atom is -0.352 e. The lowest BCUT2D eigenvalue weighted by molar-refractivity contribution is -0.125. The van der Waals surface area contributed by atoms with Crippen LogP contribution in [0.15, 0.2) is 42.7 Å². The maximum atomic E-state index is 13.1. The van der Waals surface area contributed by atoms with Gasteiger partial charge >= 0.3 is 0 Å². The second kappa shape index (κ2) is 6.97. The van der Waals surface area contributed by atoms with Gasteiger partial charge < -0.3 is 10.6 Å². The molecule has 0 spiro atoms. The number of anilines is 1. The number of carbonyl (C=O) groups excluding carboxylic acids is 2. The van der Waals surface area contributed by atoms with Crippen molar-refractivity contribution in [2.75, 3.05) is 5.32 Å². The zero-order chi connectivity index (χ0) is 17.1. The van der Waals surface area contributed by atoms with Crippen molar-refractivity contribution in [1.82, 2.24) is 10.3 Å². The van der Waals surface area contributed by atoms with E-state index in [4.69, 9.17) is 11.6 Å². The molecule has 1 fully saturated rings. The van der Waals surface area contributed by atoms with Gasteiger partial charge in [-0.25, -0.2) is 4.39 Å². The van der Waals surface area contributed by atoms with Gasteiger partial charge in [-0.05, 0) is 42.3 Å². The Morgan fingerprint density at radius 1 is 1.17 bits per heavy atom. The maximum absolute atomic E-state index is 13.1. The first kappa shape index (κ1) is 16.4. The van der Waals surface area contributed by atoms with Crippen LogP contribution in [-0.2, 0) is 16.1 Å².